The van der Waals surface area contributed by atoms with Gasteiger partial charge >= 0.3 is 12.1 Å². The summed E-state index contributed by atoms with van der Waals surface area (Å²) in [5.41, 5.74) is -0.839. The van der Waals surface area contributed by atoms with Crippen molar-refractivity contribution in [1.82, 2.24) is 4.98 Å². The molecule has 0 radical (unpaired) electrons. The van der Waals surface area contributed by atoms with E-state index in [2.05, 4.69) is 4.98 Å². The van der Waals surface area contributed by atoms with Crippen LogP contribution in [0.25, 0.3) is 0 Å². The molecule has 0 saturated heterocycles. The maximum absolute atomic E-state index is 12.5. The number of rotatable bonds is 4. The molecule has 0 saturated carbocycles. The molecule has 0 spiro atoms. The molecule has 0 amide bonds. The molecule has 1 aromatic carbocycles. The Hall–Kier alpha value is -2.51. The van der Waals surface area contributed by atoms with E-state index in [4.69, 9.17) is 14.3 Å². The summed E-state index contributed by atoms with van der Waals surface area (Å²) < 4.78 is 47.3. The third kappa shape index (κ3) is 3.28. The first-order valence-corrected chi connectivity index (χ1v) is 5.34. The average molecular weight is 287 g/mol. The summed E-state index contributed by atoms with van der Waals surface area (Å²) in [5, 5.41) is 8.61. The lowest BCUT2D eigenvalue weighted by Gasteiger charge is -2.09. The van der Waals surface area contributed by atoms with Crippen molar-refractivity contribution < 1.29 is 32.2 Å². The molecule has 1 heterocycles. The van der Waals surface area contributed by atoms with E-state index in [1.54, 1.807) is 0 Å². The Kier molecular flexibility index (Phi) is 3.64. The van der Waals surface area contributed by atoms with Crippen LogP contribution in [0.3, 0.4) is 0 Å². The zero-order valence-electron chi connectivity index (χ0n) is 9.85. The van der Waals surface area contributed by atoms with E-state index in [9.17, 15) is 18.0 Å². The molecule has 1 N–H and O–H groups in total. The normalized spacial score (nSPS) is 11.3. The van der Waals surface area contributed by atoms with Crippen LogP contribution in [-0.4, -0.2) is 16.1 Å². The van der Waals surface area contributed by atoms with Gasteiger partial charge in [0.25, 0.3) is 0 Å². The number of carboxylic acids is 1. The summed E-state index contributed by atoms with van der Waals surface area (Å²) in [5.74, 6) is -1.72. The van der Waals surface area contributed by atoms with E-state index in [1.165, 1.54) is 12.1 Å². The lowest BCUT2D eigenvalue weighted by Crippen LogP contribution is -2.05. The number of halogens is 3. The highest BCUT2D eigenvalue weighted by Crippen LogP contribution is 2.31. The van der Waals surface area contributed by atoms with Crippen molar-refractivity contribution in [1.29, 1.82) is 0 Å². The number of carbonyl (C=O) groups is 1. The minimum Gasteiger partial charge on any atom is -0.484 e. The van der Waals surface area contributed by atoms with E-state index in [0.717, 1.165) is 18.3 Å². The van der Waals surface area contributed by atoms with Gasteiger partial charge < -0.3 is 14.3 Å². The molecular weight excluding hydrogens is 279 g/mol. The largest absolute Gasteiger partial charge is 0.484 e. The number of aromatic nitrogens is 1. The second-order valence-corrected chi connectivity index (χ2v) is 3.74. The molecule has 0 unspecified atom stereocenters. The van der Waals surface area contributed by atoms with Gasteiger partial charge in [0.05, 0.1) is 11.8 Å². The minimum absolute atomic E-state index is 0.0186. The topological polar surface area (TPSA) is 72.6 Å². The van der Waals surface area contributed by atoms with Crippen LogP contribution in [0, 0.1) is 0 Å². The van der Waals surface area contributed by atoms with Crippen molar-refractivity contribution in [2.75, 3.05) is 0 Å². The number of hydrogen-bond acceptors (Lipinski definition) is 4. The second kappa shape index (κ2) is 5.24. The van der Waals surface area contributed by atoms with Crippen LogP contribution >= 0.6 is 0 Å². The third-order valence-corrected chi connectivity index (χ3v) is 2.29. The highest BCUT2D eigenvalue weighted by Gasteiger charge is 2.30. The molecule has 0 aliphatic carbocycles. The van der Waals surface area contributed by atoms with Gasteiger partial charge in [0, 0.05) is 0 Å². The van der Waals surface area contributed by atoms with Gasteiger partial charge in [0.1, 0.15) is 5.75 Å². The first-order valence-electron chi connectivity index (χ1n) is 5.34. The fraction of sp³-hybridized carbons (Fsp3) is 0.167. The van der Waals surface area contributed by atoms with E-state index in [0.29, 0.717) is 0 Å². The summed E-state index contributed by atoms with van der Waals surface area (Å²) in [6, 6.07) is 4.30. The van der Waals surface area contributed by atoms with Gasteiger partial charge in [-0.3, -0.25) is 0 Å². The standard InChI is InChI=1S/C12H8F3NO4/c13-12(14,15)7-2-1-3-8(4-7)19-6-10-16-5-9(20-10)11(17)18/h1-5H,6H2,(H,17,18). The van der Waals surface area contributed by atoms with Gasteiger partial charge in [-0.1, -0.05) is 6.07 Å². The molecule has 0 bridgehead atoms. The van der Waals surface area contributed by atoms with Crippen LogP contribution in [-0.2, 0) is 12.8 Å². The average Bonchev–Trinajstić information content (AvgIpc) is 2.85. The van der Waals surface area contributed by atoms with E-state index >= 15 is 0 Å². The van der Waals surface area contributed by atoms with Crippen molar-refractivity contribution in [3.8, 4) is 5.75 Å². The molecule has 5 nitrogen and oxygen atoms in total. The molecule has 0 atom stereocenters. The number of aromatic carboxylic acids is 1. The summed E-state index contributed by atoms with van der Waals surface area (Å²) in [6.45, 7) is -0.269. The molecular formula is C12H8F3NO4. The van der Waals surface area contributed by atoms with E-state index in [1.807, 2.05) is 0 Å². The van der Waals surface area contributed by atoms with Crippen LogP contribution in [0.15, 0.2) is 34.9 Å². The maximum Gasteiger partial charge on any atom is 0.416 e. The predicted octanol–water partition coefficient (Wildman–Crippen LogP) is 2.97. The number of alkyl halides is 3. The van der Waals surface area contributed by atoms with Crippen LogP contribution in [0.4, 0.5) is 13.2 Å². The van der Waals surface area contributed by atoms with E-state index < -0.39 is 17.7 Å². The molecule has 1 aromatic heterocycles. The Morgan fingerprint density at radius 2 is 2.15 bits per heavy atom. The van der Waals surface area contributed by atoms with Gasteiger partial charge in [0.15, 0.2) is 6.61 Å². The van der Waals surface area contributed by atoms with Crippen molar-refractivity contribution in [3.05, 3.63) is 47.7 Å². The first-order chi connectivity index (χ1) is 9.36. The highest BCUT2D eigenvalue weighted by molar-refractivity contribution is 5.83. The Morgan fingerprint density at radius 1 is 1.40 bits per heavy atom. The first kappa shape index (κ1) is 13.9. The number of carboxylic acid groups (broad SMARTS) is 1. The van der Waals surface area contributed by atoms with Crippen LogP contribution in [0.5, 0.6) is 5.75 Å². The number of nitrogens with zero attached hydrogens (tertiary/aromatic N) is 1. The Labute approximate surface area is 110 Å². The molecule has 106 valence electrons. The Balaban J connectivity index is 2.05. The fourth-order valence-electron chi connectivity index (χ4n) is 1.38. The Bertz CT molecular complexity index is 621. The number of hydrogen-bond donors (Lipinski definition) is 1. The van der Waals surface area contributed by atoms with Gasteiger partial charge in [-0.25, -0.2) is 9.78 Å². The molecule has 2 rings (SSSR count). The Morgan fingerprint density at radius 3 is 2.75 bits per heavy atom. The monoisotopic (exact) mass is 287 g/mol. The molecule has 2 aromatic rings. The smallest absolute Gasteiger partial charge is 0.416 e. The predicted molar refractivity (Wildman–Crippen MR) is 59.2 cm³/mol. The maximum atomic E-state index is 12.5. The lowest BCUT2D eigenvalue weighted by atomic mass is 10.2. The quantitative estimate of drug-likeness (QED) is 0.935. The summed E-state index contributed by atoms with van der Waals surface area (Å²) in [6.07, 6.45) is -3.47. The molecule has 8 heteroatoms. The third-order valence-electron chi connectivity index (χ3n) is 2.29. The van der Waals surface area contributed by atoms with Crippen molar-refractivity contribution in [2.45, 2.75) is 12.8 Å². The zero-order chi connectivity index (χ0) is 14.8. The fourth-order valence-corrected chi connectivity index (χ4v) is 1.38. The molecule has 20 heavy (non-hydrogen) atoms. The summed E-state index contributed by atoms with van der Waals surface area (Å²) >= 11 is 0. The van der Waals surface area contributed by atoms with Gasteiger partial charge in [-0.05, 0) is 18.2 Å². The number of oxazole rings is 1. The number of benzene rings is 1. The van der Waals surface area contributed by atoms with Crippen molar-refractivity contribution in [3.63, 3.8) is 0 Å². The molecule has 0 fully saturated rings. The van der Waals surface area contributed by atoms with Crippen LogP contribution in [0.1, 0.15) is 22.0 Å². The van der Waals surface area contributed by atoms with Gasteiger partial charge in [-0.2, -0.15) is 13.2 Å². The van der Waals surface area contributed by atoms with Crippen molar-refractivity contribution in [2.24, 2.45) is 0 Å². The van der Waals surface area contributed by atoms with Crippen LogP contribution in [0.2, 0.25) is 0 Å². The lowest BCUT2D eigenvalue weighted by molar-refractivity contribution is -0.137. The van der Waals surface area contributed by atoms with Gasteiger partial charge in [-0.15, -0.1) is 0 Å². The second-order valence-electron chi connectivity index (χ2n) is 3.74. The van der Waals surface area contributed by atoms with Gasteiger partial charge in [0.2, 0.25) is 11.7 Å². The van der Waals surface area contributed by atoms with Crippen LogP contribution < -0.4 is 4.74 Å². The summed E-state index contributed by atoms with van der Waals surface area (Å²) in [4.78, 5) is 14.2. The van der Waals surface area contributed by atoms with E-state index in [-0.39, 0.29) is 24.0 Å². The molecule has 0 aliphatic heterocycles. The summed E-state index contributed by atoms with van der Waals surface area (Å²) in [7, 11) is 0. The SMILES string of the molecule is O=C(O)c1cnc(COc2cccc(C(F)(F)F)c2)o1. The molecule has 0 aliphatic rings. The number of ether oxygens (including phenoxy) is 1. The highest BCUT2D eigenvalue weighted by atomic mass is 19.4. The zero-order valence-corrected chi connectivity index (χ0v) is 9.85. The minimum atomic E-state index is -4.46. The van der Waals surface area contributed by atoms with Crippen molar-refractivity contribution >= 4 is 5.97 Å².